The Bertz CT molecular complexity index is 664. The summed E-state index contributed by atoms with van der Waals surface area (Å²) >= 11 is 0. The van der Waals surface area contributed by atoms with E-state index < -0.39 is 0 Å². The summed E-state index contributed by atoms with van der Waals surface area (Å²) in [6.07, 6.45) is 3.30. The Balaban J connectivity index is 1.71. The van der Waals surface area contributed by atoms with Gasteiger partial charge in [-0.05, 0) is 35.6 Å². The van der Waals surface area contributed by atoms with Crippen molar-refractivity contribution in [3.8, 4) is 0 Å². The Labute approximate surface area is 143 Å². The minimum absolute atomic E-state index is 0.0736. The zero-order chi connectivity index (χ0) is 16.9. The van der Waals surface area contributed by atoms with Crippen LogP contribution in [0.3, 0.4) is 0 Å². The third-order valence-corrected chi connectivity index (χ3v) is 4.56. The summed E-state index contributed by atoms with van der Waals surface area (Å²) in [5.41, 5.74) is 2.80. The van der Waals surface area contributed by atoms with Gasteiger partial charge in [-0.15, -0.1) is 0 Å². The molecule has 0 saturated carbocycles. The van der Waals surface area contributed by atoms with Crippen LogP contribution in [0.1, 0.15) is 43.2 Å². The Kier molecular flexibility index (Phi) is 5.36. The van der Waals surface area contributed by atoms with Crippen molar-refractivity contribution in [2.45, 2.75) is 39.3 Å². The van der Waals surface area contributed by atoms with Gasteiger partial charge in [-0.2, -0.15) is 0 Å². The number of carbonyl (C=O) groups excluding carboxylic acids is 1. The van der Waals surface area contributed by atoms with E-state index in [1.807, 2.05) is 12.1 Å². The molecule has 24 heavy (non-hydrogen) atoms. The molecule has 0 fully saturated rings. The quantitative estimate of drug-likeness (QED) is 0.883. The van der Waals surface area contributed by atoms with Gasteiger partial charge in [-0.3, -0.25) is 9.69 Å². The van der Waals surface area contributed by atoms with Crippen molar-refractivity contribution >= 4 is 5.91 Å². The van der Waals surface area contributed by atoms with E-state index in [1.54, 1.807) is 6.26 Å². The van der Waals surface area contributed by atoms with Crippen molar-refractivity contribution in [2.75, 3.05) is 13.1 Å². The van der Waals surface area contributed by atoms with Crippen LogP contribution in [0.4, 0.5) is 0 Å². The molecule has 1 atom stereocenters. The van der Waals surface area contributed by atoms with E-state index in [1.165, 1.54) is 11.1 Å². The lowest BCUT2D eigenvalue weighted by molar-refractivity contribution is -0.122. The van der Waals surface area contributed by atoms with Crippen molar-refractivity contribution < 1.29 is 9.21 Å². The minimum Gasteiger partial charge on any atom is -0.468 e. The van der Waals surface area contributed by atoms with Gasteiger partial charge in [0.25, 0.3) is 0 Å². The molecule has 0 spiro atoms. The molecule has 4 nitrogen and oxygen atoms in total. The van der Waals surface area contributed by atoms with Crippen LogP contribution in [0, 0.1) is 5.92 Å². The second-order valence-corrected chi connectivity index (χ2v) is 6.92. The van der Waals surface area contributed by atoms with Crippen molar-refractivity contribution in [1.82, 2.24) is 10.2 Å². The SMILES string of the molecule is CC(C)CC(=O)NC[C@@H](c1ccco1)N1CCc2ccccc2C1. The van der Waals surface area contributed by atoms with Crippen LogP contribution < -0.4 is 5.32 Å². The average Bonchev–Trinajstić information content (AvgIpc) is 3.08. The van der Waals surface area contributed by atoms with Crippen LogP contribution in [0.25, 0.3) is 0 Å². The maximum atomic E-state index is 12.0. The molecule has 1 aromatic heterocycles. The molecule has 128 valence electrons. The number of hydrogen-bond acceptors (Lipinski definition) is 3. The van der Waals surface area contributed by atoms with Crippen molar-refractivity contribution in [3.05, 3.63) is 59.5 Å². The van der Waals surface area contributed by atoms with Crippen LogP contribution in [-0.2, 0) is 17.8 Å². The van der Waals surface area contributed by atoms with Gasteiger partial charge in [0.1, 0.15) is 5.76 Å². The number of fused-ring (bicyclic) bond motifs is 1. The number of rotatable bonds is 6. The predicted octanol–water partition coefficient (Wildman–Crippen LogP) is 3.54. The van der Waals surface area contributed by atoms with Crippen LogP contribution in [0.5, 0.6) is 0 Å². The molecule has 4 heteroatoms. The smallest absolute Gasteiger partial charge is 0.220 e. The number of amides is 1. The summed E-state index contributed by atoms with van der Waals surface area (Å²) in [6.45, 7) is 6.57. The van der Waals surface area contributed by atoms with E-state index in [4.69, 9.17) is 4.42 Å². The first-order chi connectivity index (χ1) is 11.6. The largest absolute Gasteiger partial charge is 0.468 e. The van der Waals surface area contributed by atoms with Gasteiger partial charge in [0, 0.05) is 26.1 Å². The summed E-state index contributed by atoms with van der Waals surface area (Å²) < 4.78 is 5.66. The van der Waals surface area contributed by atoms with Gasteiger partial charge in [0.2, 0.25) is 5.91 Å². The van der Waals surface area contributed by atoms with Gasteiger partial charge in [-0.25, -0.2) is 0 Å². The van der Waals surface area contributed by atoms with E-state index >= 15 is 0 Å². The molecule has 1 aromatic carbocycles. The first-order valence-corrected chi connectivity index (χ1v) is 8.74. The lowest BCUT2D eigenvalue weighted by atomic mass is 9.98. The van der Waals surface area contributed by atoms with E-state index in [-0.39, 0.29) is 11.9 Å². The average molecular weight is 326 g/mol. The normalized spacial score (nSPS) is 16.0. The van der Waals surface area contributed by atoms with Gasteiger partial charge in [0.15, 0.2) is 0 Å². The number of hydrogen-bond donors (Lipinski definition) is 1. The maximum Gasteiger partial charge on any atom is 0.220 e. The van der Waals surface area contributed by atoms with Crippen LogP contribution in [0.2, 0.25) is 0 Å². The van der Waals surface area contributed by atoms with E-state index in [2.05, 4.69) is 48.3 Å². The molecule has 0 unspecified atom stereocenters. The fourth-order valence-electron chi connectivity index (χ4n) is 3.33. The van der Waals surface area contributed by atoms with Crippen molar-refractivity contribution in [2.24, 2.45) is 5.92 Å². The molecule has 2 heterocycles. The lowest BCUT2D eigenvalue weighted by Crippen LogP contribution is -2.40. The van der Waals surface area contributed by atoms with Gasteiger partial charge in [0.05, 0.1) is 12.3 Å². The lowest BCUT2D eigenvalue weighted by Gasteiger charge is -2.34. The van der Waals surface area contributed by atoms with E-state index in [0.717, 1.165) is 25.3 Å². The Morgan fingerprint density at radius 2 is 2.00 bits per heavy atom. The van der Waals surface area contributed by atoms with Crippen LogP contribution in [0.15, 0.2) is 47.1 Å². The Morgan fingerprint density at radius 3 is 2.71 bits per heavy atom. The van der Waals surface area contributed by atoms with E-state index in [0.29, 0.717) is 18.9 Å². The molecule has 0 saturated heterocycles. The highest BCUT2D eigenvalue weighted by Gasteiger charge is 2.27. The second kappa shape index (κ2) is 7.67. The van der Waals surface area contributed by atoms with Crippen LogP contribution in [-0.4, -0.2) is 23.9 Å². The molecule has 1 N–H and O–H groups in total. The fraction of sp³-hybridized carbons (Fsp3) is 0.450. The number of benzene rings is 1. The summed E-state index contributed by atoms with van der Waals surface area (Å²) in [4.78, 5) is 14.4. The number of furan rings is 1. The first kappa shape index (κ1) is 16.8. The van der Waals surface area contributed by atoms with Gasteiger partial charge < -0.3 is 9.73 Å². The minimum atomic E-state index is 0.0736. The van der Waals surface area contributed by atoms with Crippen LogP contribution >= 0.6 is 0 Å². The number of carbonyl (C=O) groups is 1. The molecule has 1 amide bonds. The second-order valence-electron chi connectivity index (χ2n) is 6.92. The van der Waals surface area contributed by atoms with E-state index in [9.17, 15) is 4.79 Å². The summed E-state index contributed by atoms with van der Waals surface area (Å²) in [5.74, 6) is 1.40. The molecular weight excluding hydrogens is 300 g/mol. The van der Waals surface area contributed by atoms with Gasteiger partial charge >= 0.3 is 0 Å². The number of nitrogens with one attached hydrogen (secondary N) is 1. The molecule has 3 rings (SSSR count). The van der Waals surface area contributed by atoms with Crippen molar-refractivity contribution in [3.63, 3.8) is 0 Å². The highest BCUT2D eigenvalue weighted by Crippen LogP contribution is 2.27. The number of nitrogens with zero attached hydrogens (tertiary/aromatic N) is 1. The maximum absolute atomic E-state index is 12.0. The summed E-state index contributed by atoms with van der Waals surface area (Å²) in [7, 11) is 0. The zero-order valence-corrected chi connectivity index (χ0v) is 14.5. The molecule has 0 bridgehead atoms. The fourth-order valence-corrected chi connectivity index (χ4v) is 3.33. The summed E-state index contributed by atoms with van der Waals surface area (Å²) in [6, 6.07) is 12.6. The topological polar surface area (TPSA) is 45.5 Å². The third kappa shape index (κ3) is 4.06. The molecule has 2 aromatic rings. The zero-order valence-electron chi connectivity index (χ0n) is 14.5. The first-order valence-electron chi connectivity index (χ1n) is 8.74. The highest BCUT2D eigenvalue weighted by atomic mass is 16.3. The standard InChI is InChI=1S/C20H26N2O2/c1-15(2)12-20(23)21-13-18(19-8-5-11-24-19)22-10-9-16-6-3-4-7-17(16)14-22/h3-8,11,15,18H,9-10,12-14H2,1-2H3,(H,21,23)/t18-/m0/s1. The molecule has 0 aliphatic carbocycles. The van der Waals surface area contributed by atoms with Gasteiger partial charge in [-0.1, -0.05) is 38.1 Å². The van der Waals surface area contributed by atoms with Crippen molar-refractivity contribution in [1.29, 1.82) is 0 Å². The third-order valence-electron chi connectivity index (χ3n) is 4.56. The molecule has 1 aliphatic rings. The molecular formula is C20H26N2O2. The molecule has 0 radical (unpaired) electrons. The Morgan fingerprint density at radius 1 is 1.21 bits per heavy atom. The molecule has 1 aliphatic heterocycles. The summed E-state index contributed by atoms with van der Waals surface area (Å²) in [5, 5.41) is 3.08. The highest BCUT2D eigenvalue weighted by molar-refractivity contribution is 5.76. The predicted molar refractivity (Wildman–Crippen MR) is 94.5 cm³/mol. The monoisotopic (exact) mass is 326 g/mol. The Hall–Kier alpha value is -2.07.